The molecule has 2 atom stereocenters. The number of rotatable bonds is 11. The molecule has 0 aliphatic carbocycles. The molecule has 0 radical (unpaired) electrons. The molecule has 2 rings (SSSR count). The van der Waals surface area contributed by atoms with Crippen molar-refractivity contribution in [2.75, 3.05) is 6.61 Å². The summed E-state index contributed by atoms with van der Waals surface area (Å²) >= 11 is 0. The third-order valence-corrected chi connectivity index (χ3v) is 4.57. The van der Waals surface area contributed by atoms with Gasteiger partial charge in [0.15, 0.2) is 0 Å². The molecule has 2 aromatic rings. The monoisotopic (exact) mass is 413 g/mol. The average molecular weight is 414 g/mol. The molecule has 162 valence electrons. The van der Waals surface area contributed by atoms with Gasteiger partial charge in [0, 0.05) is 0 Å². The van der Waals surface area contributed by atoms with E-state index in [1.54, 1.807) is 31.2 Å². The second kappa shape index (κ2) is 12.0. The molecule has 0 saturated carbocycles. The summed E-state index contributed by atoms with van der Waals surface area (Å²) in [6.45, 7) is 6.20. The predicted molar refractivity (Wildman–Crippen MR) is 115 cm³/mol. The molecule has 0 spiro atoms. The van der Waals surface area contributed by atoms with Crippen LogP contribution in [0.1, 0.15) is 38.3 Å². The molecule has 0 amide bonds. The average Bonchev–Trinajstić information content (AvgIpc) is 2.73. The smallest absolute Gasteiger partial charge is 0.323 e. The molecule has 2 aromatic carbocycles. The maximum Gasteiger partial charge on any atom is 0.323 e. The molecular weight excluding hydrogens is 382 g/mol. The van der Waals surface area contributed by atoms with Gasteiger partial charge >= 0.3 is 11.9 Å². The SMILES string of the molecule is CCOC(=O)C(Cc1ccc(O)cc1)NC(CC(C)C)C(=O)OCc1ccccc1. The van der Waals surface area contributed by atoms with Crippen LogP contribution in [0.2, 0.25) is 0 Å². The minimum Gasteiger partial charge on any atom is -0.508 e. The van der Waals surface area contributed by atoms with Gasteiger partial charge in [-0.1, -0.05) is 56.3 Å². The second-order valence-corrected chi connectivity index (χ2v) is 7.62. The number of ether oxygens (including phenoxy) is 2. The molecule has 2 unspecified atom stereocenters. The fourth-order valence-corrected chi connectivity index (χ4v) is 3.10. The van der Waals surface area contributed by atoms with Crippen LogP contribution in [0.5, 0.6) is 5.75 Å². The lowest BCUT2D eigenvalue weighted by Gasteiger charge is -2.25. The van der Waals surface area contributed by atoms with Gasteiger partial charge in [0.05, 0.1) is 6.61 Å². The number of hydrogen-bond donors (Lipinski definition) is 2. The topological polar surface area (TPSA) is 84.9 Å². The molecule has 0 aliphatic rings. The highest BCUT2D eigenvalue weighted by atomic mass is 16.5. The third-order valence-electron chi connectivity index (χ3n) is 4.57. The van der Waals surface area contributed by atoms with E-state index in [2.05, 4.69) is 5.32 Å². The van der Waals surface area contributed by atoms with Crippen LogP contribution in [0, 0.1) is 5.92 Å². The Hall–Kier alpha value is -2.86. The number of benzene rings is 2. The highest BCUT2D eigenvalue weighted by Crippen LogP contribution is 2.15. The van der Waals surface area contributed by atoms with Gasteiger partial charge < -0.3 is 14.6 Å². The van der Waals surface area contributed by atoms with Crippen molar-refractivity contribution in [1.29, 1.82) is 0 Å². The molecule has 0 aliphatic heterocycles. The largest absolute Gasteiger partial charge is 0.508 e. The van der Waals surface area contributed by atoms with E-state index in [4.69, 9.17) is 9.47 Å². The van der Waals surface area contributed by atoms with Crippen LogP contribution in [-0.2, 0) is 32.1 Å². The van der Waals surface area contributed by atoms with Gasteiger partial charge in [0.1, 0.15) is 24.4 Å². The van der Waals surface area contributed by atoms with Crippen LogP contribution in [0.4, 0.5) is 0 Å². The zero-order valence-corrected chi connectivity index (χ0v) is 17.8. The summed E-state index contributed by atoms with van der Waals surface area (Å²) in [5.41, 5.74) is 1.75. The van der Waals surface area contributed by atoms with E-state index < -0.39 is 24.0 Å². The van der Waals surface area contributed by atoms with Gasteiger partial charge in [-0.05, 0) is 48.9 Å². The Morgan fingerprint density at radius 2 is 1.53 bits per heavy atom. The maximum atomic E-state index is 12.8. The van der Waals surface area contributed by atoms with Gasteiger partial charge in [-0.15, -0.1) is 0 Å². The lowest BCUT2D eigenvalue weighted by Crippen LogP contribution is -2.50. The summed E-state index contributed by atoms with van der Waals surface area (Å²) in [7, 11) is 0. The summed E-state index contributed by atoms with van der Waals surface area (Å²) in [5, 5.41) is 12.6. The highest BCUT2D eigenvalue weighted by molar-refractivity contribution is 5.80. The number of nitrogens with one attached hydrogen (secondary N) is 1. The van der Waals surface area contributed by atoms with E-state index in [0.717, 1.165) is 11.1 Å². The number of carbonyl (C=O) groups is 2. The Bertz CT molecular complexity index is 789. The fourth-order valence-electron chi connectivity index (χ4n) is 3.10. The normalized spacial score (nSPS) is 12.9. The second-order valence-electron chi connectivity index (χ2n) is 7.62. The van der Waals surface area contributed by atoms with Crippen LogP contribution in [0.25, 0.3) is 0 Å². The third kappa shape index (κ3) is 7.87. The van der Waals surface area contributed by atoms with Crippen molar-refractivity contribution in [2.45, 2.75) is 52.3 Å². The quantitative estimate of drug-likeness (QED) is 0.548. The molecule has 6 nitrogen and oxygen atoms in total. The zero-order valence-electron chi connectivity index (χ0n) is 17.8. The van der Waals surface area contributed by atoms with Crippen molar-refractivity contribution >= 4 is 11.9 Å². The molecular formula is C24H31NO5. The molecule has 0 aromatic heterocycles. The van der Waals surface area contributed by atoms with E-state index in [1.807, 2.05) is 44.2 Å². The lowest BCUT2D eigenvalue weighted by molar-refractivity contribution is -0.150. The molecule has 0 bridgehead atoms. The van der Waals surface area contributed by atoms with Gasteiger partial charge in [-0.2, -0.15) is 0 Å². The van der Waals surface area contributed by atoms with Crippen molar-refractivity contribution in [3.8, 4) is 5.75 Å². The van der Waals surface area contributed by atoms with Gasteiger partial charge in [-0.25, -0.2) is 0 Å². The first kappa shape index (κ1) is 23.4. The van der Waals surface area contributed by atoms with Crippen LogP contribution in [0.3, 0.4) is 0 Å². The number of phenols is 1. The Morgan fingerprint density at radius 3 is 2.13 bits per heavy atom. The summed E-state index contributed by atoms with van der Waals surface area (Å²) in [4.78, 5) is 25.3. The number of esters is 2. The van der Waals surface area contributed by atoms with Crippen LogP contribution < -0.4 is 5.32 Å². The number of hydrogen-bond acceptors (Lipinski definition) is 6. The summed E-state index contributed by atoms with van der Waals surface area (Å²) in [6, 6.07) is 14.7. The molecule has 30 heavy (non-hydrogen) atoms. The van der Waals surface area contributed by atoms with Crippen LogP contribution in [0.15, 0.2) is 54.6 Å². The summed E-state index contributed by atoms with van der Waals surface area (Å²) in [5.74, 6) is -0.437. The predicted octanol–water partition coefficient (Wildman–Crippen LogP) is 3.61. The van der Waals surface area contributed by atoms with Crippen LogP contribution >= 0.6 is 0 Å². The van der Waals surface area contributed by atoms with Gasteiger partial charge in [0.25, 0.3) is 0 Å². The van der Waals surface area contributed by atoms with E-state index in [1.165, 1.54) is 0 Å². The Labute approximate surface area is 178 Å². The van der Waals surface area contributed by atoms with Gasteiger partial charge in [-0.3, -0.25) is 14.9 Å². The lowest BCUT2D eigenvalue weighted by atomic mass is 10.0. The maximum absolute atomic E-state index is 12.8. The summed E-state index contributed by atoms with van der Waals surface area (Å²) in [6.07, 6.45) is 0.860. The summed E-state index contributed by atoms with van der Waals surface area (Å²) < 4.78 is 10.7. The standard InChI is InChI=1S/C24H31NO5/c1-4-29-23(27)22(15-18-10-12-20(26)13-11-18)25-21(14-17(2)3)24(28)30-16-19-8-6-5-7-9-19/h5-13,17,21-22,25-26H,4,14-16H2,1-3H3. The molecule has 2 N–H and O–H groups in total. The van der Waals surface area contributed by atoms with Crippen molar-refractivity contribution in [2.24, 2.45) is 5.92 Å². The molecule has 0 fully saturated rings. The molecule has 0 heterocycles. The Balaban J connectivity index is 2.11. The number of phenolic OH excluding ortho intramolecular Hbond substituents is 1. The van der Waals surface area contributed by atoms with E-state index in [9.17, 15) is 14.7 Å². The number of carbonyl (C=O) groups excluding carboxylic acids is 2. The molecule has 0 saturated heterocycles. The van der Waals surface area contributed by atoms with Crippen molar-refractivity contribution in [3.05, 3.63) is 65.7 Å². The number of aromatic hydroxyl groups is 1. The highest BCUT2D eigenvalue weighted by Gasteiger charge is 2.29. The zero-order chi connectivity index (χ0) is 21.9. The van der Waals surface area contributed by atoms with E-state index in [-0.39, 0.29) is 24.9 Å². The van der Waals surface area contributed by atoms with Crippen molar-refractivity contribution in [1.82, 2.24) is 5.32 Å². The fraction of sp³-hybridized carbons (Fsp3) is 0.417. The van der Waals surface area contributed by atoms with E-state index >= 15 is 0 Å². The van der Waals surface area contributed by atoms with Crippen molar-refractivity contribution < 1.29 is 24.2 Å². The van der Waals surface area contributed by atoms with Crippen molar-refractivity contribution in [3.63, 3.8) is 0 Å². The Morgan fingerprint density at radius 1 is 0.900 bits per heavy atom. The first-order chi connectivity index (χ1) is 14.4. The first-order valence-corrected chi connectivity index (χ1v) is 10.3. The van der Waals surface area contributed by atoms with E-state index in [0.29, 0.717) is 12.8 Å². The first-order valence-electron chi connectivity index (χ1n) is 10.3. The minimum atomic E-state index is -0.706. The minimum absolute atomic E-state index is 0.154. The van der Waals surface area contributed by atoms with Crippen LogP contribution in [-0.4, -0.2) is 35.7 Å². The van der Waals surface area contributed by atoms with Gasteiger partial charge in [0.2, 0.25) is 0 Å². The molecule has 6 heteroatoms. The Kier molecular flexibility index (Phi) is 9.35.